The fraction of sp³-hybridized carbons (Fsp3) is 0.538. The summed E-state index contributed by atoms with van der Waals surface area (Å²) in [7, 11) is 3.79. The third-order valence-electron chi connectivity index (χ3n) is 3.20. The van der Waals surface area contributed by atoms with Gasteiger partial charge < -0.3 is 15.0 Å². The molecule has 94 valence electrons. The molecular weight excluding hydrogens is 236 g/mol. The number of likely N-dealkylation sites (tertiary alicyclic amines) is 1. The van der Waals surface area contributed by atoms with Crippen molar-refractivity contribution in [2.75, 3.05) is 27.2 Å². The summed E-state index contributed by atoms with van der Waals surface area (Å²) >= 11 is 6.09. The van der Waals surface area contributed by atoms with Gasteiger partial charge in [-0.2, -0.15) is 0 Å². The molecule has 0 bridgehead atoms. The minimum Gasteiger partial charge on any atom is -0.495 e. The number of halogens is 1. The van der Waals surface area contributed by atoms with Crippen LogP contribution < -0.4 is 10.1 Å². The van der Waals surface area contributed by atoms with Gasteiger partial charge in [-0.1, -0.05) is 17.7 Å². The second kappa shape index (κ2) is 5.71. The average molecular weight is 255 g/mol. The largest absolute Gasteiger partial charge is 0.495 e. The number of nitrogens with one attached hydrogen (secondary N) is 1. The van der Waals surface area contributed by atoms with E-state index < -0.39 is 0 Å². The molecule has 1 N–H and O–H groups in total. The topological polar surface area (TPSA) is 24.5 Å². The number of benzene rings is 1. The summed E-state index contributed by atoms with van der Waals surface area (Å²) < 4.78 is 5.13. The fourth-order valence-electron chi connectivity index (χ4n) is 2.18. The highest BCUT2D eigenvalue weighted by Gasteiger charge is 2.18. The Morgan fingerprint density at radius 3 is 2.94 bits per heavy atom. The van der Waals surface area contributed by atoms with Gasteiger partial charge >= 0.3 is 0 Å². The Morgan fingerprint density at radius 1 is 1.53 bits per heavy atom. The van der Waals surface area contributed by atoms with Gasteiger partial charge in [0.05, 0.1) is 12.1 Å². The Balaban J connectivity index is 1.88. The van der Waals surface area contributed by atoms with E-state index in [9.17, 15) is 0 Å². The van der Waals surface area contributed by atoms with E-state index >= 15 is 0 Å². The molecule has 1 unspecified atom stereocenters. The van der Waals surface area contributed by atoms with Gasteiger partial charge in [0.2, 0.25) is 0 Å². The van der Waals surface area contributed by atoms with E-state index in [4.69, 9.17) is 16.3 Å². The van der Waals surface area contributed by atoms with E-state index in [-0.39, 0.29) is 0 Å². The molecule has 0 spiro atoms. The van der Waals surface area contributed by atoms with Crippen LogP contribution in [0.5, 0.6) is 5.75 Å². The first-order valence-corrected chi connectivity index (χ1v) is 6.31. The SMILES string of the molecule is COc1ccc(CNC2CCN(C)C2)cc1Cl. The Morgan fingerprint density at radius 2 is 2.35 bits per heavy atom. The maximum atomic E-state index is 6.09. The molecule has 1 heterocycles. The van der Waals surface area contributed by atoms with Crippen LogP contribution in [0.15, 0.2) is 18.2 Å². The minimum absolute atomic E-state index is 0.598. The zero-order valence-corrected chi connectivity index (χ0v) is 11.1. The van der Waals surface area contributed by atoms with Gasteiger partial charge in [0.15, 0.2) is 0 Å². The molecule has 3 nitrogen and oxygen atoms in total. The van der Waals surface area contributed by atoms with Crippen LogP contribution in [0.3, 0.4) is 0 Å². The van der Waals surface area contributed by atoms with Gasteiger partial charge in [-0.25, -0.2) is 0 Å². The van der Waals surface area contributed by atoms with Crippen molar-refractivity contribution in [3.63, 3.8) is 0 Å². The predicted octanol–water partition coefficient (Wildman–Crippen LogP) is 2.14. The highest BCUT2D eigenvalue weighted by molar-refractivity contribution is 6.32. The Labute approximate surface area is 108 Å². The molecule has 4 heteroatoms. The molecule has 2 rings (SSSR count). The second-order valence-corrected chi connectivity index (χ2v) is 5.00. The molecule has 0 amide bonds. The van der Waals surface area contributed by atoms with E-state index in [1.54, 1.807) is 7.11 Å². The maximum absolute atomic E-state index is 6.09. The van der Waals surface area contributed by atoms with Crippen molar-refractivity contribution in [1.29, 1.82) is 0 Å². The van der Waals surface area contributed by atoms with Crippen molar-refractivity contribution in [3.05, 3.63) is 28.8 Å². The molecule has 0 aliphatic carbocycles. The van der Waals surface area contributed by atoms with Gasteiger partial charge in [0, 0.05) is 19.1 Å². The fourth-order valence-corrected chi connectivity index (χ4v) is 2.46. The lowest BCUT2D eigenvalue weighted by Gasteiger charge is -2.13. The molecule has 1 atom stereocenters. The van der Waals surface area contributed by atoms with E-state index in [2.05, 4.69) is 23.3 Å². The quantitative estimate of drug-likeness (QED) is 0.891. The van der Waals surface area contributed by atoms with E-state index in [1.807, 2.05) is 12.1 Å². The molecule has 1 aliphatic rings. The lowest BCUT2D eigenvalue weighted by Crippen LogP contribution is -2.30. The third-order valence-corrected chi connectivity index (χ3v) is 3.50. The summed E-state index contributed by atoms with van der Waals surface area (Å²) in [5.41, 5.74) is 1.20. The lowest BCUT2D eigenvalue weighted by atomic mass is 10.2. The highest BCUT2D eigenvalue weighted by atomic mass is 35.5. The van der Waals surface area contributed by atoms with Crippen molar-refractivity contribution in [2.45, 2.75) is 19.0 Å². The molecule has 1 aromatic rings. The number of ether oxygens (including phenoxy) is 1. The van der Waals surface area contributed by atoms with Gasteiger partial charge in [-0.3, -0.25) is 0 Å². The van der Waals surface area contributed by atoms with Crippen LogP contribution in [-0.4, -0.2) is 38.2 Å². The van der Waals surface area contributed by atoms with Gasteiger partial charge in [-0.15, -0.1) is 0 Å². The molecule has 17 heavy (non-hydrogen) atoms. The molecule has 1 aliphatic heterocycles. The molecule has 0 aromatic heterocycles. The first-order chi connectivity index (χ1) is 8.19. The number of methoxy groups -OCH3 is 1. The van der Waals surface area contributed by atoms with Crippen LogP contribution >= 0.6 is 11.6 Å². The Kier molecular flexibility index (Phi) is 4.26. The first kappa shape index (κ1) is 12.7. The summed E-state index contributed by atoms with van der Waals surface area (Å²) in [5, 5.41) is 4.23. The summed E-state index contributed by atoms with van der Waals surface area (Å²) in [5.74, 6) is 0.732. The first-order valence-electron chi connectivity index (χ1n) is 5.93. The minimum atomic E-state index is 0.598. The van der Waals surface area contributed by atoms with Crippen LogP contribution in [0.4, 0.5) is 0 Å². The van der Waals surface area contributed by atoms with Crippen molar-refractivity contribution >= 4 is 11.6 Å². The monoisotopic (exact) mass is 254 g/mol. The Hall–Kier alpha value is -0.770. The van der Waals surface area contributed by atoms with E-state index in [1.165, 1.54) is 18.5 Å². The van der Waals surface area contributed by atoms with Gasteiger partial charge in [0.1, 0.15) is 5.75 Å². The molecule has 0 saturated carbocycles. The summed E-state index contributed by atoms with van der Waals surface area (Å²) in [6.45, 7) is 3.17. The molecular formula is C13H19ClN2O. The summed E-state index contributed by atoms with van der Waals surface area (Å²) in [4.78, 5) is 2.35. The average Bonchev–Trinajstić information content (AvgIpc) is 2.73. The third kappa shape index (κ3) is 3.35. The van der Waals surface area contributed by atoms with Crippen LogP contribution in [0.2, 0.25) is 5.02 Å². The molecule has 0 radical (unpaired) electrons. The number of rotatable bonds is 4. The highest BCUT2D eigenvalue weighted by Crippen LogP contribution is 2.24. The zero-order valence-electron chi connectivity index (χ0n) is 10.4. The Bertz CT molecular complexity index is 384. The van der Waals surface area contributed by atoms with Crippen LogP contribution in [0.25, 0.3) is 0 Å². The van der Waals surface area contributed by atoms with E-state index in [0.717, 1.165) is 18.8 Å². The van der Waals surface area contributed by atoms with Crippen LogP contribution in [0, 0.1) is 0 Å². The van der Waals surface area contributed by atoms with Crippen molar-refractivity contribution in [3.8, 4) is 5.75 Å². The van der Waals surface area contributed by atoms with E-state index in [0.29, 0.717) is 11.1 Å². The number of nitrogens with zero attached hydrogens (tertiary/aromatic N) is 1. The van der Waals surface area contributed by atoms with Gasteiger partial charge in [0.25, 0.3) is 0 Å². The molecule has 1 fully saturated rings. The molecule has 1 aromatic carbocycles. The molecule has 1 saturated heterocycles. The van der Waals surface area contributed by atoms with Crippen molar-refractivity contribution in [2.24, 2.45) is 0 Å². The van der Waals surface area contributed by atoms with Gasteiger partial charge in [-0.05, 0) is 37.7 Å². The predicted molar refractivity (Wildman–Crippen MR) is 70.7 cm³/mol. The zero-order chi connectivity index (χ0) is 12.3. The smallest absolute Gasteiger partial charge is 0.137 e. The lowest BCUT2D eigenvalue weighted by molar-refractivity contribution is 0.397. The van der Waals surface area contributed by atoms with Crippen molar-refractivity contribution in [1.82, 2.24) is 10.2 Å². The normalized spacial score (nSPS) is 20.8. The van der Waals surface area contributed by atoms with Crippen LogP contribution in [0.1, 0.15) is 12.0 Å². The standard InChI is InChI=1S/C13H19ClN2O/c1-16-6-5-11(9-16)15-8-10-3-4-13(17-2)12(14)7-10/h3-4,7,11,15H,5-6,8-9H2,1-2H3. The number of hydrogen-bond acceptors (Lipinski definition) is 3. The van der Waals surface area contributed by atoms with Crippen molar-refractivity contribution < 1.29 is 4.74 Å². The maximum Gasteiger partial charge on any atom is 0.137 e. The summed E-state index contributed by atoms with van der Waals surface area (Å²) in [6.07, 6.45) is 1.22. The summed E-state index contributed by atoms with van der Waals surface area (Å²) in [6, 6.07) is 6.53. The number of hydrogen-bond donors (Lipinski definition) is 1. The number of likely N-dealkylation sites (N-methyl/N-ethyl adjacent to an activating group) is 1. The van der Waals surface area contributed by atoms with Crippen LogP contribution in [-0.2, 0) is 6.54 Å². The second-order valence-electron chi connectivity index (χ2n) is 4.60.